The van der Waals surface area contributed by atoms with Gasteiger partial charge < -0.3 is 8.85 Å². The molecular formula is C7H15F3O2Si. The highest BCUT2D eigenvalue weighted by molar-refractivity contribution is 6.64. The molecule has 0 aliphatic carbocycles. The molecule has 0 amide bonds. The van der Waals surface area contributed by atoms with Crippen LogP contribution in [0.2, 0.25) is 13.1 Å². The molecule has 0 unspecified atom stereocenters. The zero-order chi connectivity index (χ0) is 10.5. The molecule has 0 aliphatic rings. The Kier molecular flexibility index (Phi) is 4.94. The van der Waals surface area contributed by atoms with E-state index in [2.05, 4.69) is 0 Å². The van der Waals surface area contributed by atoms with Gasteiger partial charge in [-0.2, -0.15) is 13.2 Å². The van der Waals surface area contributed by atoms with Crippen LogP contribution in [0.1, 0.15) is 12.8 Å². The van der Waals surface area contributed by atoms with E-state index in [9.17, 15) is 13.2 Å². The van der Waals surface area contributed by atoms with Crippen LogP contribution in [0.5, 0.6) is 0 Å². The third kappa shape index (κ3) is 8.26. The fraction of sp³-hybridized carbons (Fsp3) is 1.00. The normalized spacial score (nSPS) is 13.4. The van der Waals surface area contributed by atoms with Gasteiger partial charge >= 0.3 is 14.7 Å². The molecule has 0 spiro atoms. The second-order valence-electron chi connectivity index (χ2n) is 3.17. The molecule has 0 aromatic heterocycles. The molecule has 0 saturated heterocycles. The van der Waals surface area contributed by atoms with Gasteiger partial charge in [-0.05, 0) is 19.5 Å². The fourth-order valence-electron chi connectivity index (χ4n) is 0.649. The van der Waals surface area contributed by atoms with Crippen molar-refractivity contribution < 1.29 is 22.0 Å². The summed E-state index contributed by atoms with van der Waals surface area (Å²) in [4.78, 5) is 0. The summed E-state index contributed by atoms with van der Waals surface area (Å²) in [6.45, 7) is 3.70. The van der Waals surface area contributed by atoms with E-state index in [4.69, 9.17) is 8.85 Å². The molecule has 6 heteroatoms. The summed E-state index contributed by atoms with van der Waals surface area (Å²) in [6.07, 6.45) is -4.87. The second kappa shape index (κ2) is 4.97. The van der Waals surface area contributed by atoms with Gasteiger partial charge in [-0.15, -0.1) is 0 Å². The Bertz CT molecular complexity index is 147. The molecule has 0 saturated carbocycles. The lowest BCUT2D eigenvalue weighted by Gasteiger charge is -2.20. The molecule has 0 heterocycles. The van der Waals surface area contributed by atoms with Crippen LogP contribution in [0.25, 0.3) is 0 Å². The highest BCUT2D eigenvalue weighted by Crippen LogP contribution is 2.21. The van der Waals surface area contributed by atoms with Gasteiger partial charge in [-0.3, -0.25) is 0 Å². The van der Waals surface area contributed by atoms with Crippen LogP contribution < -0.4 is 0 Å². The number of hydrogen-bond donors (Lipinski definition) is 0. The van der Waals surface area contributed by atoms with Crippen molar-refractivity contribution in [3.8, 4) is 0 Å². The average Bonchev–Trinajstić information content (AvgIpc) is 1.97. The van der Waals surface area contributed by atoms with Crippen molar-refractivity contribution in [3.63, 3.8) is 0 Å². The summed E-state index contributed by atoms with van der Waals surface area (Å²) in [7, 11) is -0.631. The molecule has 0 rings (SSSR count). The molecule has 2 nitrogen and oxygen atoms in total. The Labute approximate surface area is 77.3 Å². The van der Waals surface area contributed by atoms with Crippen LogP contribution in [0, 0.1) is 0 Å². The predicted octanol–water partition coefficient (Wildman–Crippen LogP) is 2.69. The van der Waals surface area contributed by atoms with Crippen molar-refractivity contribution in [2.45, 2.75) is 32.1 Å². The van der Waals surface area contributed by atoms with Crippen LogP contribution in [-0.4, -0.2) is 28.5 Å². The lowest BCUT2D eigenvalue weighted by molar-refractivity contribution is -0.136. The monoisotopic (exact) mass is 216 g/mol. The van der Waals surface area contributed by atoms with Gasteiger partial charge in [-0.25, -0.2) is 0 Å². The molecule has 0 radical (unpaired) electrons. The lowest BCUT2D eigenvalue weighted by atomic mass is 10.3. The van der Waals surface area contributed by atoms with Gasteiger partial charge in [0.25, 0.3) is 0 Å². The standard InChI is InChI=1S/C7H15F3O2Si/c1-11-13(2,3)12-6-4-5-7(8,9)10/h4-6H2,1-3H3. The van der Waals surface area contributed by atoms with Crippen molar-refractivity contribution in [1.82, 2.24) is 0 Å². The Morgan fingerprint density at radius 3 is 2.15 bits per heavy atom. The first-order valence-electron chi connectivity index (χ1n) is 4.03. The molecule has 0 aromatic rings. The van der Waals surface area contributed by atoms with E-state index in [0.29, 0.717) is 0 Å². The Morgan fingerprint density at radius 1 is 1.23 bits per heavy atom. The van der Waals surface area contributed by atoms with Crippen LogP contribution in [-0.2, 0) is 8.85 Å². The first-order valence-corrected chi connectivity index (χ1v) is 6.84. The largest absolute Gasteiger partial charge is 0.398 e. The molecular weight excluding hydrogens is 201 g/mol. The van der Waals surface area contributed by atoms with Gasteiger partial charge in [0.1, 0.15) is 0 Å². The molecule has 0 bridgehead atoms. The zero-order valence-corrected chi connectivity index (χ0v) is 9.07. The second-order valence-corrected chi connectivity index (χ2v) is 6.67. The van der Waals surface area contributed by atoms with Gasteiger partial charge in [0.05, 0.1) is 0 Å². The van der Waals surface area contributed by atoms with E-state index >= 15 is 0 Å². The summed E-state index contributed by atoms with van der Waals surface area (Å²) in [6, 6.07) is 0. The van der Waals surface area contributed by atoms with E-state index < -0.39 is 21.2 Å². The third-order valence-electron chi connectivity index (χ3n) is 1.55. The van der Waals surface area contributed by atoms with Gasteiger partial charge in [0.2, 0.25) is 0 Å². The number of hydrogen-bond acceptors (Lipinski definition) is 2. The van der Waals surface area contributed by atoms with Crippen LogP contribution >= 0.6 is 0 Å². The Morgan fingerprint density at radius 2 is 1.77 bits per heavy atom. The number of alkyl halides is 3. The van der Waals surface area contributed by atoms with Crippen molar-refractivity contribution in [3.05, 3.63) is 0 Å². The van der Waals surface area contributed by atoms with E-state index in [1.54, 1.807) is 13.1 Å². The highest BCUT2D eigenvalue weighted by atomic mass is 28.4. The van der Waals surface area contributed by atoms with Gasteiger partial charge in [0.15, 0.2) is 0 Å². The van der Waals surface area contributed by atoms with E-state index in [1.807, 2.05) is 0 Å². The zero-order valence-electron chi connectivity index (χ0n) is 8.07. The maximum atomic E-state index is 11.7. The van der Waals surface area contributed by atoms with Crippen LogP contribution in [0.3, 0.4) is 0 Å². The maximum absolute atomic E-state index is 11.7. The summed E-state index contributed by atoms with van der Waals surface area (Å²) < 4.78 is 45.2. The summed E-state index contributed by atoms with van der Waals surface area (Å²) in [5, 5.41) is 0. The lowest BCUT2D eigenvalue weighted by Crippen LogP contribution is -2.33. The molecule has 0 aromatic carbocycles. The molecule has 0 fully saturated rings. The predicted molar refractivity (Wildman–Crippen MR) is 45.7 cm³/mol. The molecule has 13 heavy (non-hydrogen) atoms. The van der Waals surface area contributed by atoms with Crippen molar-refractivity contribution in [2.24, 2.45) is 0 Å². The highest BCUT2D eigenvalue weighted by Gasteiger charge is 2.27. The summed E-state index contributed by atoms with van der Waals surface area (Å²) in [5.74, 6) is 0. The SMILES string of the molecule is CO[Si](C)(C)OCCCC(F)(F)F. The minimum atomic E-state index is -4.08. The molecule has 0 N–H and O–H groups in total. The van der Waals surface area contributed by atoms with Crippen molar-refractivity contribution >= 4 is 8.56 Å². The van der Waals surface area contributed by atoms with Crippen molar-refractivity contribution in [2.75, 3.05) is 13.7 Å². The van der Waals surface area contributed by atoms with E-state index in [1.165, 1.54) is 7.11 Å². The first-order chi connectivity index (χ1) is 5.77. The molecule has 0 aliphatic heterocycles. The van der Waals surface area contributed by atoms with E-state index in [0.717, 1.165) is 0 Å². The van der Waals surface area contributed by atoms with Crippen LogP contribution in [0.15, 0.2) is 0 Å². The molecule has 80 valence electrons. The van der Waals surface area contributed by atoms with Gasteiger partial charge in [0, 0.05) is 20.1 Å². The smallest absolute Gasteiger partial charge is 0.389 e. The molecule has 0 atom stereocenters. The average molecular weight is 216 g/mol. The minimum Gasteiger partial charge on any atom is -0.398 e. The number of halogens is 3. The maximum Gasteiger partial charge on any atom is 0.389 e. The topological polar surface area (TPSA) is 18.5 Å². The van der Waals surface area contributed by atoms with Crippen LogP contribution in [0.4, 0.5) is 13.2 Å². The Balaban J connectivity index is 3.47. The summed E-state index contributed by atoms with van der Waals surface area (Å²) >= 11 is 0. The van der Waals surface area contributed by atoms with Gasteiger partial charge in [-0.1, -0.05) is 0 Å². The quantitative estimate of drug-likeness (QED) is 0.519. The minimum absolute atomic E-state index is 0.00326. The van der Waals surface area contributed by atoms with Crippen molar-refractivity contribution in [1.29, 1.82) is 0 Å². The summed E-state index contributed by atoms with van der Waals surface area (Å²) in [5.41, 5.74) is 0. The third-order valence-corrected chi connectivity index (χ3v) is 3.43. The first kappa shape index (κ1) is 12.9. The Hall–Kier alpha value is -0.0731. The number of rotatable bonds is 5. The fourth-order valence-corrected chi connectivity index (χ4v) is 1.40. The van der Waals surface area contributed by atoms with E-state index in [-0.39, 0.29) is 13.0 Å².